The normalized spacial score (nSPS) is 10.7. The van der Waals surface area contributed by atoms with Gasteiger partial charge in [-0.3, -0.25) is 19.1 Å². The zero-order valence-electron chi connectivity index (χ0n) is 21.7. The predicted octanol–water partition coefficient (Wildman–Crippen LogP) is 6.27. The number of amides is 1. The van der Waals surface area contributed by atoms with Gasteiger partial charge in [-0.2, -0.15) is 5.10 Å². The topological polar surface area (TPSA) is 81.1 Å². The van der Waals surface area contributed by atoms with E-state index < -0.39 is 17.5 Å². The second-order valence-corrected chi connectivity index (χ2v) is 9.43. The number of nitrogens with zero attached hydrogens (tertiary/aromatic N) is 2. The molecular weight excluding hydrogens is 486 g/mol. The van der Waals surface area contributed by atoms with Crippen LogP contribution in [0, 0.1) is 13.8 Å². The second kappa shape index (κ2) is 11.1. The van der Waals surface area contributed by atoms with Gasteiger partial charge in [0.15, 0.2) is 0 Å². The maximum Gasteiger partial charge on any atom is 0.296 e. The lowest BCUT2D eigenvalue weighted by molar-refractivity contribution is -0.112. The first kappa shape index (κ1) is 25.5. The van der Waals surface area contributed by atoms with E-state index in [1.807, 2.05) is 86.6 Å². The number of aromatic nitrogens is 2. The summed E-state index contributed by atoms with van der Waals surface area (Å²) in [7, 11) is 0. The van der Waals surface area contributed by atoms with Crippen molar-refractivity contribution in [3.8, 4) is 11.3 Å². The smallest absolute Gasteiger partial charge is 0.296 e. The molecule has 0 bridgehead atoms. The van der Waals surface area contributed by atoms with E-state index in [1.54, 1.807) is 41.1 Å². The summed E-state index contributed by atoms with van der Waals surface area (Å²) in [6, 6.07) is 33.1. The van der Waals surface area contributed by atoms with Gasteiger partial charge in [-0.1, -0.05) is 108 Å². The molecule has 192 valence electrons. The Morgan fingerprint density at radius 1 is 0.718 bits per heavy atom. The van der Waals surface area contributed by atoms with E-state index in [4.69, 9.17) is 0 Å². The number of nitrogens with one attached hydrogen (secondary N) is 1. The minimum absolute atomic E-state index is 0.0196. The summed E-state index contributed by atoms with van der Waals surface area (Å²) in [5, 5.41) is 7.34. The molecule has 0 aliphatic rings. The SMILES string of the molecule is Cc1ccc(C(=O)c2nn(Cc3ccccc3)c(-c3ccc(C)cc3)c2C(=O)C(=O)Nc2ccccc2)cc1. The highest BCUT2D eigenvalue weighted by Crippen LogP contribution is 2.30. The standard InChI is InChI=1S/C33H27N3O3/c1-22-13-17-25(18-14-22)30-28(32(38)33(39)34-27-11-7-4-8-12-27)29(31(37)26-19-15-23(2)16-20-26)35-36(30)21-24-9-5-3-6-10-24/h3-20H,21H2,1-2H3,(H,34,39). The van der Waals surface area contributed by atoms with E-state index in [0.29, 0.717) is 29.1 Å². The third-order valence-corrected chi connectivity index (χ3v) is 6.45. The molecule has 0 spiro atoms. The highest BCUT2D eigenvalue weighted by Gasteiger charge is 2.33. The van der Waals surface area contributed by atoms with Crippen molar-refractivity contribution in [2.45, 2.75) is 20.4 Å². The molecule has 1 aromatic heterocycles. The van der Waals surface area contributed by atoms with Crippen molar-refractivity contribution in [3.05, 3.63) is 143 Å². The van der Waals surface area contributed by atoms with Crippen LogP contribution in [-0.2, 0) is 11.3 Å². The fourth-order valence-electron chi connectivity index (χ4n) is 4.38. The maximum atomic E-state index is 13.9. The number of anilines is 1. The van der Waals surface area contributed by atoms with E-state index in [1.165, 1.54) is 0 Å². The van der Waals surface area contributed by atoms with Gasteiger partial charge in [-0.25, -0.2) is 0 Å². The van der Waals surface area contributed by atoms with Crippen molar-refractivity contribution < 1.29 is 14.4 Å². The first-order chi connectivity index (χ1) is 18.9. The zero-order valence-corrected chi connectivity index (χ0v) is 21.7. The van der Waals surface area contributed by atoms with Crippen LogP contribution in [-0.4, -0.2) is 27.3 Å². The summed E-state index contributed by atoms with van der Waals surface area (Å²) >= 11 is 0. The highest BCUT2D eigenvalue weighted by atomic mass is 16.2. The van der Waals surface area contributed by atoms with E-state index in [2.05, 4.69) is 10.4 Å². The lowest BCUT2D eigenvalue weighted by atomic mass is 9.96. The number of ketones is 2. The molecule has 6 heteroatoms. The average Bonchev–Trinajstić information content (AvgIpc) is 3.33. The highest BCUT2D eigenvalue weighted by molar-refractivity contribution is 6.48. The van der Waals surface area contributed by atoms with Crippen molar-refractivity contribution in [2.24, 2.45) is 0 Å². The molecule has 0 saturated carbocycles. The predicted molar refractivity (Wildman–Crippen MR) is 152 cm³/mol. The van der Waals surface area contributed by atoms with Crippen molar-refractivity contribution in [1.82, 2.24) is 9.78 Å². The maximum absolute atomic E-state index is 13.9. The van der Waals surface area contributed by atoms with Crippen molar-refractivity contribution in [1.29, 1.82) is 0 Å². The Kier molecular flexibility index (Phi) is 7.28. The number of carbonyl (C=O) groups is 3. The molecule has 0 aliphatic heterocycles. The van der Waals surface area contributed by atoms with Gasteiger partial charge in [0.2, 0.25) is 5.78 Å². The quantitative estimate of drug-likeness (QED) is 0.196. The third-order valence-electron chi connectivity index (χ3n) is 6.45. The summed E-state index contributed by atoms with van der Waals surface area (Å²) in [5.41, 5.74) is 4.88. The molecule has 0 saturated heterocycles. The van der Waals surface area contributed by atoms with Gasteiger partial charge < -0.3 is 5.32 Å². The Balaban J connectivity index is 1.69. The van der Waals surface area contributed by atoms with E-state index >= 15 is 0 Å². The fourth-order valence-corrected chi connectivity index (χ4v) is 4.38. The van der Waals surface area contributed by atoms with Crippen LogP contribution in [0.1, 0.15) is 43.1 Å². The van der Waals surface area contributed by atoms with Gasteiger partial charge in [0.1, 0.15) is 5.69 Å². The van der Waals surface area contributed by atoms with Crippen LogP contribution in [0.3, 0.4) is 0 Å². The molecule has 1 N–H and O–H groups in total. The van der Waals surface area contributed by atoms with Gasteiger partial charge in [-0.05, 0) is 31.5 Å². The van der Waals surface area contributed by atoms with Crippen molar-refractivity contribution in [3.63, 3.8) is 0 Å². The minimum atomic E-state index is -0.841. The van der Waals surface area contributed by atoms with Crippen LogP contribution in [0.5, 0.6) is 0 Å². The Morgan fingerprint density at radius 3 is 1.90 bits per heavy atom. The van der Waals surface area contributed by atoms with Gasteiger partial charge in [-0.15, -0.1) is 0 Å². The molecule has 1 heterocycles. The zero-order chi connectivity index (χ0) is 27.4. The third kappa shape index (κ3) is 5.60. The number of rotatable bonds is 8. The molecule has 0 radical (unpaired) electrons. The molecule has 39 heavy (non-hydrogen) atoms. The number of Topliss-reactive ketones (excluding diaryl/α,β-unsaturated/α-hetero) is 1. The number of hydrogen-bond donors (Lipinski definition) is 1. The lowest BCUT2D eigenvalue weighted by Gasteiger charge is -2.11. The van der Waals surface area contributed by atoms with Gasteiger partial charge in [0.25, 0.3) is 11.7 Å². The lowest BCUT2D eigenvalue weighted by Crippen LogP contribution is -2.25. The Labute approximate surface area is 226 Å². The molecule has 0 unspecified atom stereocenters. The van der Waals surface area contributed by atoms with Crippen LogP contribution < -0.4 is 5.32 Å². The van der Waals surface area contributed by atoms with E-state index in [0.717, 1.165) is 16.7 Å². The molecule has 4 aromatic carbocycles. The largest absolute Gasteiger partial charge is 0.319 e. The van der Waals surface area contributed by atoms with Gasteiger partial charge in [0.05, 0.1) is 17.8 Å². The summed E-state index contributed by atoms with van der Waals surface area (Å²) in [4.78, 5) is 40.9. The average molecular weight is 514 g/mol. The molecule has 5 aromatic rings. The Bertz CT molecular complexity index is 1640. The van der Waals surface area contributed by atoms with Crippen LogP contribution in [0.25, 0.3) is 11.3 Å². The molecule has 6 nitrogen and oxygen atoms in total. The number of benzene rings is 4. The van der Waals surface area contributed by atoms with Crippen LogP contribution in [0.4, 0.5) is 5.69 Å². The molecule has 0 fully saturated rings. The monoisotopic (exact) mass is 513 g/mol. The van der Waals surface area contributed by atoms with Gasteiger partial charge in [0, 0.05) is 16.8 Å². The first-order valence-corrected chi connectivity index (χ1v) is 12.6. The first-order valence-electron chi connectivity index (χ1n) is 12.6. The van der Waals surface area contributed by atoms with E-state index in [-0.39, 0.29) is 11.3 Å². The second-order valence-electron chi connectivity index (χ2n) is 9.43. The van der Waals surface area contributed by atoms with E-state index in [9.17, 15) is 14.4 Å². The number of aryl methyl sites for hydroxylation is 2. The summed E-state index contributed by atoms with van der Waals surface area (Å²) in [5.74, 6) is -2.10. The molecule has 5 rings (SSSR count). The van der Waals surface area contributed by atoms with Crippen LogP contribution >= 0.6 is 0 Å². The molecule has 0 aliphatic carbocycles. The Hall–Kier alpha value is -5.10. The molecule has 1 amide bonds. The molecular formula is C33H27N3O3. The van der Waals surface area contributed by atoms with Gasteiger partial charge >= 0.3 is 0 Å². The fraction of sp³-hybridized carbons (Fsp3) is 0.0909. The summed E-state index contributed by atoms with van der Waals surface area (Å²) in [6.45, 7) is 4.21. The number of carbonyl (C=O) groups excluding carboxylic acids is 3. The van der Waals surface area contributed by atoms with Crippen molar-refractivity contribution in [2.75, 3.05) is 5.32 Å². The minimum Gasteiger partial charge on any atom is -0.319 e. The van der Waals surface area contributed by atoms with Crippen LogP contribution in [0.2, 0.25) is 0 Å². The summed E-state index contributed by atoms with van der Waals surface area (Å²) in [6.07, 6.45) is 0. The molecule has 0 atom stereocenters. The summed E-state index contributed by atoms with van der Waals surface area (Å²) < 4.78 is 1.64. The number of hydrogen-bond acceptors (Lipinski definition) is 4. The number of para-hydroxylation sites is 1. The Morgan fingerprint density at radius 2 is 1.28 bits per heavy atom. The van der Waals surface area contributed by atoms with Crippen molar-refractivity contribution >= 4 is 23.2 Å². The van der Waals surface area contributed by atoms with Crippen LogP contribution in [0.15, 0.2) is 109 Å².